The normalized spacial score (nSPS) is 16.7. The number of nitrogens with one attached hydrogen (secondary N) is 1. The minimum atomic E-state index is -0.0353. The lowest BCUT2D eigenvalue weighted by atomic mass is 10.1. The van der Waals surface area contributed by atoms with Crippen LogP contribution in [0.4, 0.5) is 5.69 Å². The number of hydrogen-bond donors (Lipinski definition) is 1. The Morgan fingerprint density at radius 2 is 2.14 bits per heavy atom. The minimum absolute atomic E-state index is 0.0353. The molecular weight excluding hydrogens is 268 g/mol. The monoisotopic (exact) mass is 294 g/mol. The van der Waals surface area contributed by atoms with Gasteiger partial charge in [-0.25, -0.2) is 4.68 Å². The molecule has 2 heterocycles. The molecule has 6 heteroatoms. The molecule has 0 spiro atoms. The molecule has 6 nitrogen and oxygen atoms in total. The second kappa shape index (κ2) is 7.56. The Labute approximate surface area is 126 Å². The smallest absolute Gasteiger partial charge is 0.268 e. The summed E-state index contributed by atoms with van der Waals surface area (Å²) < 4.78 is 6.88. The van der Waals surface area contributed by atoms with Crippen LogP contribution in [0.15, 0.2) is 17.1 Å². The summed E-state index contributed by atoms with van der Waals surface area (Å²) in [6, 6.07) is 2.11. The zero-order valence-corrected chi connectivity index (χ0v) is 13.2. The largest absolute Gasteiger partial charge is 0.381 e. The molecule has 0 atom stereocenters. The lowest BCUT2D eigenvalue weighted by Crippen LogP contribution is -2.38. The fraction of sp³-hybridized carbons (Fsp3) is 0.733. The van der Waals surface area contributed by atoms with Gasteiger partial charge in [-0.15, -0.1) is 0 Å². The van der Waals surface area contributed by atoms with Crippen LogP contribution in [0.3, 0.4) is 0 Å². The van der Waals surface area contributed by atoms with Gasteiger partial charge in [-0.05, 0) is 12.8 Å². The van der Waals surface area contributed by atoms with Crippen molar-refractivity contribution >= 4 is 5.69 Å². The van der Waals surface area contributed by atoms with Gasteiger partial charge in [0.2, 0.25) is 0 Å². The molecule has 1 aliphatic heterocycles. The van der Waals surface area contributed by atoms with Gasteiger partial charge in [0.05, 0.1) is 24.5 Å². The van der Waals surface area contributed by atoms with Crippen LogP contribution in [0.25, 0.3) is 0 Å². The second-order valence-corrected chi connectivity index (χ2v) is 5.81. The van der Waals surface area contributed by atoms with Crippen molar-refractivity contribution in [3.05, 3.63) is 22.6 Å². The summed E-state index contributed by atoms with van der Waals surface area (Å²) in [5.41, 5.74) is 0.884. The third-order valence-electron chi connectivity index (χ3n) is 3.87. The van der Waals surface area contributed by atoms with Crippen molar-refractivity contribution in [3.63, 3.8) is 0 Å². The lowest BCUT2D eigenvalue weighted by molar-refractivity contribution is 0.0819. The third-order valence-corrected chi connectivity index (χ3v) is 3.87. The Hall–Kier alpha value is -1.40. The fourth-order valence-electron chi connectivity index (χ4n) is 2.57. The summed E-state index contributed by atoms with van der Waals surface area (Å²) in [6.45, 7) is 7.36. The van der Waals surface area contributed by atoms with Gasteiger partial charge in [-0.1, -0.05) is 13.8 Å². The van der Waals surface area contributed by atoms with Crippen molar-refractivity contribution in [3.8, 4) is 0 Å². The van der Waals surface area contributed by atoms with Crippen LogP contribution in [-0.4, -0.2) is 48.7 Å². The molecule has 1 saturated heterocycles. The van der Waals surface area contributed by atoms with Crippen molar-refractivity contribution < 1.29 is 4.74 Å². The number of hydrogen-bond acceptors (Lipinski definition) is 5. The van der Waals surface area contributed by atoms with Crippen LogP contribution >= 0.6 is 0 Å². The first-order chi connectivity index (χ1) is 10.1. The summed E-state index contributed by atoms with van der Waals surface area (Å²) in [4.78, 5) is 14.3. The van der Waals surface area contributed by atoms with Crippen LogP contribution < -0.4 is 15.8 Å². The van der Waals surface area contributed by atoms with Crippen molar-refractivity contribution in [2.24, 2.45) is 0 Å². The van der Waals surface area contributed by atoms with Crippen molar-refractivity contribution in [1.29, 1.82) is 0 Å². The number of piperidine rings is 1. The molecule has 1 fully saturated rings. The molecule has 0 saturated carbocycles. The van der Waals surface area contributed by atoms with Gasteiger partial charge in [-0.2, -0.15) is 5.10 Å². The van der Waals surface area contributed by atoms with Crippen LogP contribution in [0, 0.1) is 0 Å². The zero-order chi connectivity index (χ0) is 15.2. The summed E-state index contributed by atoms with van der Waals surface area (Å²) in [6.07, 6.45) is 4.14. The molecule has 1 aromatic heterocycles. The average Bonchev–Trinajstić information content (AvgIpc) is 2.48. The molecule has 2 rings (SSSR count). The van der Waals surface area contributed by atoms with Gasteiger partial charge in [0.1, 0.15) is 0 Å². The predicted molar refractivity (Wildman–Crippen MR) is 83.9 cm³/mol. The Bertz CT molecular complexity index is 493. The SMILES string of the molecule is COC1CCN(c2cnn(CCNC(C)C)c(=O)c2)CC1. The van der Waals surface area contributed by atoms with Crippen molar-refractivity contribution in [2.75, 3.05) is 31.6 Å². The molecule has 0 aromatic carbocycles. The van der Waals surface area contributed by atoms with Crippen molar-refractivity contribution in [2.45, 2.75) is 45.4 Å². The first kappa shape index (κ1) is 16.0. The standard InChI is InChI=1S/C15H26N4O2/c1-12(2)16-6-9-19-15(20)10-13(11-17-19)18-7-4-14(21-3)5-8-18/h10-12,14,16H,4-9H2,1-3H3. The summed E-state index contributed by atoms with van der Waals surface area (Å²) >= 11 is 0. The van der Waals surface area contributed by atoms with Crippen molar-refractivity contribution in [1.82, 2.24) is 15.1 Å². The fourth-order valence-corrected chi connectivity index (χ4v) is 2.57. The highest BCUT2D eigenvalue weighted by molar-refractivity contribution is 5.43. The van der Waals surface area contributed by atoms with E-state index in [-0.39, 0.29) is 5.56 Å². The van der Waals surface area contributed by atoms with E-state index in [2.05, 4.69) is 29.2 Å². The molecule has 21 heavy (non-hydrogen) atoms. The van der Waals surface area contributed by atoms with Crippen LogP contribution in [0.1, 0.15) is 26.7 Å². The molecule has 0 radical (unpaired) electrons. The third kappa shape index (κ3) is 4.54. The van der Waals surface area contributed by atoms with Gasteiger partial charge in [0.15, 0.2) is 0 Å². The average molecular weight is 294 g/mol. The molecule has 1 aliphatic rings. The molecule has 118 valence electrons. The Morgan fingerprint density at radius 1 is 1.43 bits per heavy atom. The molecule has 1 aromatic rings. The summed E-state index contributed by atoms with van der Waals surface area (Å²) in [5, 5.41) is 7.57. The Balaban J connectivity index is 1.94. The van der Waals surface area contributed by atoms with E-state index >= 15 is 0 Å². The van der Waals surface area contributed by atoms with Gasteiger partial charge in [0, 0.05) is 38.9 Å². The van der Waals surface area contributed by atoms with E-state index in [9.17, 15) is 4.79 Å². The molecule has 0 unspecified atom stereocenters. The predicted octanol–water partition coefficient (Wildman–Crippen LogP) is 0.857. The molecular formula is C15H26N4O2. The highest BCUT2D eigenvalue weighted by atomic mass is 16.5. The number of ether oxygens (including phenoxy) is 1. The summed E-state index contributed by atoms with van der Waals surface area (Å²) in [5.74, 6) is 0. The maximum Gasteiger partial charge on any atom is 0.268 e. The van der Waals surface area contributed by atoms with E-state index in [1.807, 2.05) is 0 Å². The maximum atomic E-state index is 12.1. The number of nitrogens with zero attached hydrogens (tertiary/aromatic N) is 3. The topological polar surface area (TPSA) is 59.4 Å². The molecule has 0 amide bonds. The van der Waals surface area contributed by atoms with Crippen LogP contribution in [0.5, 0.6) is 0 Å². The van der Waals surface area contributed by atoms with Crippen LogP contribution in [-0.2, 0) is 11.3 Å². The minimum Gasteiger partial charge on any atom is -0.381 e. The number of anilines is 1. The maximum absolute atomic E-state index is 12.1. The van der Waals surface area contributed by atoms with E-state index in [4.69, 9.17) is 4.74 Å². The highest BCUT2D eigenvalue weighted by Gasteiger charge is 2.19. The molecule has 1 N–H and O–H groups in total. The van der Waals surface area contributed by atoms with E-state index < -0.39 is 0 Å². The highest BCUT2D eigenvalue weighted by Crippen LogP contribution is 2.18. The van der Waals surface area contributed by atoms with Crippen LogP contribution in [0.2, 0.25) is 0 Å². The number of rotatable bonds is 6. The quantitative estimate of drug-likeness (QED) is 0.843. The lowest BCUT2D eigenvalue weighted by Gasteiger charge is -2.32. The number of methoxy groups -OCH3 is 1. The van der Waals surface area contributed by atoms with E-state index in [0.29, 0.717) is 18.7 Å². The van der Waals surface area contributed by atoms with Gasteiger partial charge in [0.25, 0.3) is 5.56 Å². The number of aromatic nitrogens is 2. The molecule has 0 aliphatic carbocycles. The van der Waals surface area contributed by atoms with E-state index in [1.54, 1.807) is 19.4 Å². The Kier molecular flexibility index (Phi) is 5.76. The Morgan fingerprint density at radius 3 is 2.71 bits per heavy atom. The first-order valence-electron chi connectivity index (χ1n) is 7.68. The van der Waals surface area contributed by atoms with Gasteiger partial charge in [-0.3, -0.25) is 4.79 Å². The van der Waals surface area contributed by atoms with Gasteiger partial charge < -0.3 is 15.0 Å². The first-order valence-corrected chi connectivity index (χ1v) is 7.68. The van der Waals surface area contributed by atoms with E-state index in [0.717, 1.165) is 38.2 Å². The van der Waals surface area contributed by atoms with E-state index in [1.165, 1.54) is 4.68 Å². The second-order valence-electron chi connectivity index (χ2n) is 5.81. The zero-order valence-electron chi connectivity index (χ0n) is 13.2. The summed E-state index contributed by atoms with van der Waals surface area (Å²) in [7, 11) is 1.76. The van der Waals surface area contributed by atoms with Gasteiger partial charge >= 0.3 is 0 Å². The molecule has 0 bridgehead atoms.